The first-order valence-corrected chi connectivity index (χ1v) is 6.69. The Hall–Kier alpha value is -1.42. The van der Waals surface area contributed by atoms with Crippen LogP contribution in [0, 0.1) is 0 Å². The molecule has 1 aromatic heterocycles. The molecule has 1 aliphatic carbocycles. The zero-order chi connectivity index (χ0) is 12.8. The van der Waals surface area contributed by atoms with E-state index in [-0.39, 0.29) is 11.9 Å². The van der Waals surface area contributed by atoms with Gasteiger partial charge >= 0.3 is 0 Å². The summed E-state index contributed by atoms with van der Waals surface area (Å²) in [7, 11) is 0. The minimum atomic E-state index is 0.0877. The first kappa shape index (κ1) is 13.0. The third kappa shape index (κ3) is 3.81. The van der Waals surface area contributed by atoms with Gasteiger partial charge in [-0.25, -0.2) is 0 Å². The third-order valence-electron chi connectivity index (χ3n) is 3.42. The van der Waals surface area contributed by atoms with Gasteiger partial charge in [0.15, 0.2) is 0 Å². The van der Waals surface area contributed by atoms with E-state index in [1.54, 1.807) is 6.20 Å². The molecule has 0 aromatic carbocycles. The van der Waals surface area contributed by atoms with E-state index in [1.807, 2.05) is 25.1 Å². The highest BCUT2D eigenvalue weighted by Gasteiger charge is 2.17. The van der Waals surface area contributed by atoms with Crippen molar-refractivity contribution < 1.29 is 4.79 Å². The Labute approximate surface area is 108 Å². The maximum Gasteiger partial charge on any atom is 0.234 e. The average molecular weight is 247 g/mol. The van der Waals surface area contributed by atoms with Gasteiger partial charge < -0.3 is 10.6 Å². The molecule has 1 amide bonds. The summed E-state index contributed by atoms with van der Waals surface area (Å²) in [6.45, 7) is 2.37. The largest absolute Gasteiger partial charge is 0.352 e. The van der Waals surface area contributed by atoms with Crippen molar-refractivity contribution >= 4 is 5.91 Å². The Bertz CT molecular complexity index is 374. The zero-order valence-electron chi connectivity index (χ0n) is 10.9. The molecular weight excluding hydrogens is 226 g/mol. The Balaban J connectivity index is 1.72. The Morgan fingerprint density at radius 3 is 2.89 bits per heavy atom. The van der Waals surface area contributed by atoms with E-state index in [0.29, 0.717) is 12.6 Å². The van der Waals surface area contributed by atoms with Crippen LogP contribution in [0.25, 0.3) is 0 Å². The van der Waals surface area contributed by atoms with Crippen molar-refractivity contribution in [2.24, 2.45) is 0 Å². The molecular formula is C14H21N3O. The van der Waals surface area contributed by atoms with E-state index in [4.69, 9.17) is 0 Å². The van der Waals surface area contributed by atoms with Crippen molar-refractivity contribution in [1.82, 2.24) is 15.6 Å². The summed E-state index contributed by atoms with van der Waals surface area (Å²) in [6, 6.07) is 6.30. The number of pyridine rings is 1. The lowest BCUT2D eigenvalue weighted by molar-refractivity contribution is -0.121. The summed E-state index contributed by atoms with van der Waals surface area (Å²) < 4.78 is 0. The second kappa shape index (κ2) is 6.50. The van der Waals surface area contributed by atoms with Crippen LogP contribution in [0.2, 0.25) is 0 Å². The molecule has 2 rings (SSSR count). The van der Waals surface area contributed by atoms with Crippen molar-refractivity contribution in [2.45, 2.75) is 44.7 Å². The molecule has 1 atom stereocenters. The van der Waals surface area contributed by atoms with Gasteiger partial charge in [-0.3, -0.25) is 9.78 Å². The predicted molar refractivity (Wildman–Crippen MR) is 71.1 cm³/mol. The van der Waals surface area contributed by atoms with Gasteiger partial charge in [0.2, 0.25) is 5.91 Å². The number of nitrogens with zero attached hydrogens (tertiary/aromatic N) is 1. The van der Waals surface area contributed by atoms with Gasteiger partial charge in [0.1, 0.15) is 0 Å². The second-order valence-corrected chi connectivity index (χ2v) is 4.91. The lowest BCUT2D eigenvalue weighted by Gasteiger charge is -2.15. The van der Waals surface area contributed by atoms with Crippen molar-refractivity contribution in [3.63, 3.8) is 0 Å². The van der Waals surface area contributed by atoms with Gasteiger partial charge in [0.25, 0.3) is 0 Å². The number of nitrogens with one attached hydrogen (secondary N) is 2. The fraction of sp³-hybridized carbons (Fsp3) is 0.571. The standard InChI is InChI=1S/C14H21N3O/c1-11(13-8-4-5-9-15-13)16-10-14(18)17-12-6-2-3-7-12/h4-5,8-9,11-12,16H,2-3,6-7,10H2,1H3,(H,17,18)/t11-/m0/s1. The molecule has 0 unspecified atom stereocenters. The average Bonchev–Trinajstić information content (AvgIpc) is 2.90. The highest BCUT2D eigenvalue weighted by Crippen LogP contribution is 2.17. The molecule has 0 spiro atoms. The Kier molecular flexibility index (Phi) is 4.70. The van der Waals surface area contributed by atoms with Crippen LogP contribution in [-0.4, -0.2) is 23.5 Å². The van der Waals surface area contributed by atoms with Crippen LogP contribution in [0.5, 0.6) is 0 Å². The molecule has 1 saturated carbocycles. The molecule has 0 radical (unpaired) electrons. The Morgan fingerprint density at radius 2 is 2.22 bits per heavy atom. The van der Waals surface area contributed by atoms with E-state index in [9.17, 15) is 4.79 Å². The SMILES string of the molecule is C[C@H](NCC(=O)NC1CCCC1)c1ccccn1. The summed E-state index contributed by atoms with van der Waals surface area (Å²) in [4.78, 5) is 16.0. The maximum absolute atomic E-state index is 11.7. The zero-order valence-corrected chi connectivity index (χ0v) is 10.9. The number of carbonyl (C=O) groups is 1. The van der Waals surface area contributed by atoms with Crippen LogP contribution in [0.15, 0.2) is 24.4 Å². The lowest BCUT2D eigenvalue weighted by Crippen LogP contribution is -2.39. The third-order valence-corrected chi connectivity index (χ3v) is 3.42. The highest BCUT2D eigenvalue weighted by atomic mass is 16.1. The van der Waals surface area contributed by atoms with E-state index in [0.717, 1.165) is 18.5 Å². The number of aromatic nitrogens is 1. The van der Waals surface area contributed by atoms with E-state index >= 15 is 0 Å². The van der Waals surface area contributed by atoms with Gasteiger partial charge in [-0.1, -0.05) is 18.9 Å². The van der Waals surface area contributed by atoms with Crippen molar-refractivity contribution in [3.8, 4) is 0 Å². The smallest absolute Gasteiger partial charge is 0.234 e. The minimum absolute atomic E-state index is 0.0877. The van der Waals surface area contributed by atoms with E-state index < -0.39 is 0 Å². The molecule has 4 nitrogen and oxygen atoms in total. The van der Waals surface area contributed by atoms with Crippen LogP contribution in [-0.2, 0) is 4.79 Å². The van der Waals surface area contributed by atoms with Gasteiger partial charge in [-0.15, -0.1) is 0 Å². The molecule has 0 aliphatic heterocycles. The van der Waals surface area contributed by atoms with Crippen molar-refractivity contribution in [1.29, 1.82) is 0 Å². The normalized spacial score (nSPS) is 17.6. The monoisotopic (exact) mass is 247 g/mol. The summed E-state index contributed by atoms with van der Waals surface area (Å²) in [6.07, 6.45) is 6.50. The molecule has 0 bridgehead atoms. The van der Waals surface area contributed by atoms with Crippen LogP contribution >= 0.6 is 0 Å². The molecule has 0 saturated heterocycles. The fourth-order valence-corrected chi connectivity index (χ4v) is 2.33. The number of carbonyl (C=O) groups excluding carboxylic acids is 1. The highest BCUT2D eigenvalue weighted by molar-refractivity contribution is 5.78. The number of rotatable bonds is 5. The number of amides is 1. The molecule has 1 fully saturated rings. The molecule has 1 aromatic rings. The lowest BCUT2D eigenvalue weighted by atomic mass is 10.2. The summed E-state index contributed by atoms with van der Waals surface area (Å²) >= 11 is 0. The molecule has 2 N–H and O–H groups in total. The minimum Gasteiger partial charge on any atom is -0.352 e. The van der Waals surface area contributed by atoms with Crippen LogP contribution < -0.4 is 10.6 Å². The van der Waals surface area contributed by atoms with Gasteiger partial charge in [-0.05, 0) is 31.9 Å². The van der Waals surface area contributed by atoms with Gasteiger partial charge in [-0.2, -0.15) is 0 Å². The second-order valence-electron chi connectivity index (χ2n) is 4.91. The van der Waals surface area contributed by atoms with Crippen LogP contribution in [0.3, 0.4) is 0 Å². The van der Waals surface area contributed by atoms with Crippen molar-refractivity contribution in [2.75, 3.05) is 6.54 Å². The Morgan fingerprint density at radius 1 is 1.44 bits per heavy atom. The number of hydrogen-bond donors (Lipinski definition) is 2. The summed E-state index contributed by atoms with van der Waals surface area (Å²) in [5, 5.41) is 6.26. The first-order chi connectivity index (χ1) is 8.75. The van der Waals surface area contributed by atoms with Crippen LogP contribution in [0.4, 0.5) is 0 Å². The van der Waals surface area contributed by atoms with Crippen LogP contribution in [0.1, 0.15) is 44.3 Å². The molecule has 1 aliphatic rings. The van der Waals surface area contributed by atoms with Gasteiger partial charge in [0.05, 0.1) is 12.2 Å². The molecule has 98 valence electrons. The van der Waals surface area contributed by atoms with Gasteiger partial charge in [0, 0.05) is 18.3 Å². The molecule has 1 heterocycles. The summed E-state index contributed by atoms with van der Waals surface area (Å²) in [5.41, 5.74) is 0.964. The van der Waals surface area contributed by atoms with E-state index in [2.05, 4.69) is 15.6 Å². The summed E-state index contributed by atoms with van der Waals surface area (Å²) in [5.74, 6) is 0.0877. The first-order valence-electron chi connectivity index (χ1n) is 6.69. The fourth-order valence-electron chi connectivity index (χ4n) is 2.33. The topological polar surface area (TPSA) is 54.0 Å². The predicted octanol–water partition coefficient (Wildman–Crippen LogP) is 1.79. The van der Waals surface area contributed by atoms with Crippen molar-refractivity contribution in [3.05, 3.63) is 30.1 Å². The number of hydrogen-bond acceptors (Lipinski definition) is 3. The molecule has 4 heteroatoms. The maximum atomic E-state index is 11.7. The quantitative estimate of drug-likeness (QED) is 0.834. The molecule has 18 heavy (non-hydrogen) atoms. The van der Waals surface area contributed by atoms with E-state index in [1.165, 1.54) is 12.8 Å².